The zero-order chi connectivity index (χ0) is 15.0. The molecule has 20 heavy (non-hydrogen) atoms. The van der Waals surface area contributed by atoms with Crippen LogP contribution in [0.2, 0.25) is 0 Å². The van der Waals surface area contributed by atoms with Crippen molar-refractivity contribution in [1.82, 2.24) is 0 Å². The Kier molecular flexibility index (Phi) is 6.64. The normalized spacial score (nSPS) is 11.7. The van der Waals surface area contributed by atoms with Crippen LogP contribution in [0, 0.1) is 17.1 Å². The third kappa shape index (κ3) is 4.96. The molecule has 0 aliphatic heterocycles. The van der Waals surface area contributed by atoms with E-state index in [1.54, 1.807) is 0 Å². The number of hydrogen-bond donors (Lipinski definition) is 2. The van der Waals surface area contributed by atoms with Gasteiger partial charge in [0.1, 0.15) is 18.5 Å². The van der Waals surface area contributed by atoms with Crippen molar-refractivity contribution >= 4 is 5.97 Å². The van der Waals surface area contributed by atoms with Crippen LogP contribution in [0.25, 0.3) is 0 Å². The number of nitrogens with zero attached hydrogens (tertiary/aromatic N) is 1. The van der Waals surface area contributed by atoms with Crippen LogP contribution in [0.1, 0.15) is 30.4 Å². The number of rotatable bonds is 7. The molecule has 4 N–H and O–H groups in total. The molecule has 0 fully saturated rings. The van der Waals surface area contributed by atoms with Gasteiger partial charge in [-0.2, -0.15) is 5.26 Å². The van der Waals surface area contributed by atoms with E-state index in [1.165, 1.54) is 12.1 Å². The van der Waals surface area contributed by atoms with Crippen molar-refractivity contribution in [2.24, 2.45) is 11.5 Å². The fourth-order valence-electron chi connectivity index (χ4n) is 1.62. The monoisotopic (exact) mass is 279 g/mol. The largest absolute Gasteiger partial charge is 0.460 e. The van der Waals surface area contributed by atoms with Gasteiger partial charge in [0, 0.05) is 5.56 Å². The van der Waals surface area contributed by atoms with Crippen molar-refractivity contribution in [3.05, 3.63) is 35.1 Å². The van der Waals surface area contributed by atoms with Gasteiger partial charge in [-0.15, -0.1) is 0 Å². The highest BCUT2D eigenvalue weighted by atomic mass is 19.1. The first kappa shape index (κ1) is 16.1. The quantitative estimate of drug-likeness (QED) is 0.576. The second kappa shape index (κ2) is 8.25. The molecule has 0 heterocycles. The lowest BCUT2D eigenvalue weighted by atomic mass is 10.1. The maximum Gasteiger partial charge on any atom is 0.323 e. The van der Waals surface area contributed by atoms with Crippen LogP contribution in [0.4, 0.5) is 4.39 Å². The fraction of sp³-hybridized carbons (Fsp3) is 0.429. The molecule has 0 aromatic heterocycles. The third-order valence-corrected chi connectivity index (χ3v) is 2.82. The van der Waals surface area contributed by atoms with Gasteiger partial charge < -0.3 is 16.2 Å². The average molecular weight is 279 g/mol. The molecular formula is C14H18FN3O2. The lowest BCUT2D eigenvalue weighted by Gasteiger charge is -2.11. The minimum Gasteiger partial charge on any atom is -0.460 e. The number of carbonyl (C=O) groups is 1. The molecule has 1 rings (SSSR count). The van der Waals surface area contributed by atoms with Gasteiger partial charge in [0.2, 0.25) is 0 Å². The van der Waals surface area contributed by atoms with E-state index >= 15 is 0 Å². The highest BCUT2D eigenvalue weighted by Gasteiger charge is 2.15. The number of ether oxygens (including phenoxy) is 1. The standard InChI is InChI=1S/C14H18FN3O2/c15-12-7-10(8-17)4-5-11(12)9-20-14(19)13(18)3-1-2-6-16/h4-5,7,13H,1-3,6,9,16,18H2/t13-/m0/s1. The predicted molar refractivity (Wildman–Crippen MR) is 71.8 cm³/mol. The Labute approximate surface area is 117 Å². The Morgan fingerprint density at radius 2 is 2.20 bits per heavy atom. The minimum absolute atomic E-state index is 0.193. The van der Waals surface area contributed by atoms with Crippen LogP contribution in [-0.2, 0) is 16.1 Å². The molecule has 0 radical (unpaired) electrons. The van der Waals surface area contributed by atoms with Crippen LogP contribution in [0.5, 0.6) is 0 Å². The lowest BCUT2D eigenvalue weighted by molar-refractivity contribution is -0.146. The summed E-state index contributed by atoms with van der Waals surface area (Å²) in [5.74, 6) is -1.14. The average Bonchev–Trinajstić information content (AvgIpc) is 2.45. The molecule has 0 amide bonds. The molecule has 0 bridgehead atoms. The van der Waals surface area contributed by atoms with Crippen molar-refractivity contribution in [2.45, 2.75) is 31.9 Å². The number of unbranched alkanes of at least 4 members (excludes halogenated alkanes) is 1. The highest BCUT2D eigenvalue weighted by Crippen LogP contribution is 2.12. The summed E-state index contributed by atoms with van der Waals surface area (Å²) >= 11 is 0. The summed E-state index contributed by atoms with van der Waals surface area (Å²) in [6.07, 6.45) is 2.04. The second-order valence-corrected chi connectivity index (χ2v) is 4.42. The van der Waals surface area contributed by atoms with E-state index in [2.05, 4.69) is 0 Å². The Hall–Kier alpha value is -1.97. The molecule has 6 heteroatoms. The van der Waals surface area contributed by atoms with Gasteiger partial charge in [-0.25, -0.2) is 4.39 Å². The van der Waals surface area contributed by atoms with Crippen LogP contribution < -0.4 is 11.5 Å². The third-order valence-electron chi connectivity index (χ3n) is 2.82. The molecule has 1 aromatic rings. The number of esters is 1. The molecular weight excluding hydrogens is 261 g/mol. The number of carbonyl (C=O) groups excluding carboxylic acids is 1. The van der Waals surface area contributed by atoms with Gasteiger partial charge in [-0.3, -0.25) is 4.79 Å². The SMILES string of the molecule is N#Cc1ccc(COC(=O)[C@@H](N)CCCCN)c(F)c1. The van der Waals surface area contributed by atoms with Gasteiger partial charge in [-0.05, 0) is 31.5 Å². The van der Waals surface area contributed by atoms with Crippen LogP contribution in [0.3, 0.4) is 0 Å². The number of halogens is 1. The Morgan fingerprint density at radius 3 is 2.80 bits per heavy atom. The maximum absolute atomic E-state index is 13.5. The molecule has 1 atom stereocenters. The summed E-state index contributed by atoms with van der Waals surface area (Å²) in [6.45, 7) is 0.360. The summed E-state index contributed by atoms with van der Waals surface area (Å²) in [6, 6.07) is 5.09. The van der Waals surface area contributed by atoms with Gasteiger partial charge in [0.15, 0.2) is 0 Å². The van der Waals surface area contributed by atoms with Gasteiger partial charge >= 0.3 is 5.97 Å². The molecule has 0 aliphatic carbocycles. The summed E-state index contributed by atoms with van der Waals surface area (Å²) in [7, 11) is 0. The first-order valence-electron chi connectivity index (χ1n) is 6.39. The van der Waals surface area contributed by atoms with Crippen molar-refractivity contribution in [3.63, 3.8) is 0 Å². The number of nitrogens with two attached hydrogens (primary N) is 2. The van der Waals surface area contributed by atoms with Crippen molar-refractivity contribution in [1.29, 1.82) is 5.26 Å². The Balaban J connectivity index is 2.46. The first-order valence-corrected chi connectivity index (χ1v) is 6.39. The number of hydrogen-bond acceptors (Lipinski definition) is 5. The molecule has 0 aliphatic rings. The van der Waals surface area contributed by atoms with E-state index in [1.807, 2.05) is 6.07 Å². The van der Waals surface area contributed by atoms with Crippen LogP contribution in [-0.4, -0.2) is 18.6 Å². The van der Waals surface area contributed by atoms with Gasteiger partial charge in [-0.1, -0.05) is 12.5 Å². The molecule has 0 unspecified atom stereocenters. The maximum atomic E-state index is 13.5. The van der Waals surface area contributed by atoms with E-state index in [0.717, 1.165) is 18.9 Å². The molecule has 5 nitrogen and oxygen atoms in total. The second-order valence-electron chi connectivity index (χ2n) is 4.42. The fourth-order valence-corrected chi connectivity index (χ4v) is 1.62. The zero-order valence-electron chi connectivity index (χ0n) is 11.1. The molecule has 0 saturated carbocycles. The van der Waals surface area contributed by atoms with Crippen molar-refractivity contribution in [3.8, 4) is 6.07 Å². The minimum atomic E-state index is -0.719. The van der Waals surface area contributed by atoms with E-state index in [-0.39, 0.29) is 17.7 Å². The van der Waals surface area contributed by atoms with Crippen molar-refractivity contribution < 1.29 is 13.9 Å². The number of benzene rings is 1. The first-order chi connectivity index (χ1) is 9.58. The smallest absolute Gasteiger partial charge is 0.323 e. The molecule has 0 saturated heterocycles. The molecule has 0 spiro atoms. The summed E-state index contributed by atoms with van der Waals surface area (Å²) in [4.78, 5) is 11.6. The van der Waals surface area contributed by atoms with Crippen molar-refractivity contribution in [2.75, 3.05) is 6.54 Å². The van der Waals surface area contributed by atoms with Crippen LogP contribution in [0.15, 0.2) is 18.2 Å². The van der Waals surface area contributed by atoms with Gasteiger partial charge in [0.25, 0.3) is 0 Å². The van der Waals surface area contributed by atoms with Gasteiger partial charge in [0.05, 0.1) is 11.6 Å². The van der Waals surface area contributed by atoms with Crippen LogP contribution >= 0.6 is 0 Å². The molecule has 1 aromatic carbocycles. The van der Waals surface area contributed by atoms with E-state index in [0.29, 0.717) is 13.0 Å². The Morgan fingerprint density at radius 1 is 1.45 bits per heavy atom. The number of nitriles is 1. The predicted octanol–water partition coefficient (Wildman–Crippen LogP) is 1.20. The van der Waals surface area contributed by atoms with E-state index in [9.17, 15) is 9.18 Å². The summed E-state index contributed by atoms with van der Waals surface area (Å²) < 4.78 is 18.5. The summed E-state index contributed by atoms with van der Waals surface area (Å²) in [5, 5.41) is 8.62. The topological polar surface area (TPSA) is 102 Å². The van der Waals surface area contributed by atoms with E-state index < -0.39 is 17.8 Å². The Bertz CT molecular complexity index is 500. The highest BCUT2D eigenvalue weighted by molar-refractivity contribution is 5.75. The summed E-state index contributed by atoms with van der Waals surface area (Å²) in [5.41, 5.74) is 11.4. The zero-order valence-corrected chi connectivity index (χ0v) is 11.1. The lowest BCUT2D eigenvalue weighted by Crippen LogP contribution is -2.32. The molecule has 108 valence electrons. The van der Waals surface area contributed by atoms with E-state index in [4.69, 9.17) is 21.5 Å².